The zero-order valence-electron chi connectivity index (χ0n) is 18.1. The highest BCUT2D eigenvalue weighted by Crippen LogP contribution is 2.29. The predicted molar refractivity (Wildman–Crippen MR) is 106 cm³/mol. The van der Waals surface area contributed by atoms with Crippen LogP contribution in [0.2, 0.25) is 0 Å². The molecule has 1 aliphatic heterocycles. The first kappa shape index (κ1) is 25.3. The molecule has 7 nitrogen and oxygen atoms in total. The third-order valence-corrected chi connectivity index (χ3v) is 4.75. The van der Waals surface area contributed by atoms with Gasteiger partial charge in [-0.15, -0.1) is 0 Å². The number of ether oxygens (including phenoxy) is 5. The molecule has 0 saturated carbocycles. The summed E-state index contributed by atoms with van der Waals surface area (Å²) < 4.78 is 29.6. The Bertz CT molecular complexity index is 404. The Morgan fingerprint density at radius 3 is 1.89 bits per heavy atom. The van der Waals surface area contributed by atoms with Crippen molar-refractivity contribution in [1.29, 1.82) is 0 Å². The summed E-state index contributed by atoms with van der Waals surface area (Å²) >= 11 is 0. The highest BCUT2D eigenvalue weighted by molar-refractivity contribution is 5.66. The first-order valence-electron chi connectivity index (χ1n) is 10.8. The maximum atomic E-state index is 11.8. The van der Waals surface area contributed by atoms with E-state index in [1.165, 1.54) is 6.92 Å². The van der Waals surface area contributed by atoms with Crippen LogP contribution in [-0.2, 0) is 28.5 Å². The van der Waals surface area contributed by atoms with Gasteiger partial charge >= 0.3 is 5.97 Å². The molecule has 2 unspecified atom stereocenters. The van der Waals surface area contributed by atoms with Gasteiger partial charge in [-0.1, -0.05) is 40.0 Å². The van der Waals surface area contributed by atoms with Crippen LogP contribution in [0.3, 0.4) is 0 Å². The van der Waals surface area contributed by atoms with Gasteiger partial charge < -0.3 is 28.8 Å². The number of carbonyl (C=O) groups is 1. The number of hydrogen-bond donors (Lipinski definition) is 1. The van der Waals surface area contributed by atoms with Crippen molar-refractivity contribution in [1.82, 2.24) is 0 Å². The standard InChI is InChI=1S/C21H40O7/c1-5-8-11-24-15-18-20(26-13-10-7-3)21(27-16(4)23)19(17(14-22)28-18)25-12-9-6-2/h17-22H,5-15H2,1-4H3/t17-,18?,19+,20-,21?/m1/s1. The lowest BCUT2D eigenvalue weighted by molar-refractivity contribution is -0.266. The van der Waals surface area contributed by atoms with E-state index in [2.05, 4.69) is 20.8 Å². The molecule has 7 heteroatoms. The summed E-state index contributed by atoms with van der Waals surface area (Å²) in [4.78, 5) is 11.8. The summed E-state index contributed by atoms with van der Waals surface area (Å²) in [5.41, 5.74) is 0. The lowest BCUT2D eigenvalue weighted by atomic mass is 9.94. The second-order valence-electron chi connectivity index (χ2n) is 7.28. The maximum absolute atomic E-state index is 11.8. The van der Waals surface area contributed by atoms with Crippen LogP contribution in [-0.4, -0.2) is 74.6 Å². The van der Waals surface area contributed by atoms with E-state index in [0.29, 0.717) is 26.4 Å². The molecule has 28 heavy (non-hydrogen) atoms. The van der Waals surface area contributed by atoms with Gasteiger partial charge in [-0.2, -0.15) is 0 Å². The Morgan fingerprint density at radius 1 is 0.857 bits per heavy atom. The van der Waals surface area contributed by atoms with E-state index in [-0.39, 0.29) is 6.61 Å². The molecule has 1 aliphatic rings. The van der Waals surface area contributed by atoms with E-state index < -0.39 is 36.5 Å². The maximum Gasteiger partial charge on any atom is 0.303 e. The second-order valence-corrected chi connectivity index (χ2v) is 7.28. The minimum absolute atomic E-state index is 0.221. The molecule has 0 aromatic carbocycles. The van der Waals surface area contributed by atoms with Gasteiger partial charge in [0.1, 0.15) is 24.4 Å². The smallest absolute Gasteiger partial charge is 0.303 e. The van der Waals surface area contributed by atoms with Gasteiger partial charge in [0.2, 0.25) is 0 Å². The van der Waals surface area contributed by atoms with Crippen molar-refractivity contribution in [2.45, 2.75) is 96.7 Å². The molecule has 1 rings (SSSR count). The van der Waals surface area contributed by atoms with E-state index in [4.69, 9.17) is 23.7 Å². The number of rotatable bonds is 15. The molecule has 1 N–H and O–H groups in total. The van der Waals surface area contributed by atoms with Gasteiger partial charge in [-0.25, -0.2) is 0 Å². The molecule has 1 heterocycles. The normalized spacial score (nSPS) is 27.7. The van der Waals surface area contributed by atoms with Crippen molar-refractivity contribution >= 4 is 5.97 Å². The Morgan fingerprint density at radius 2 is 1.39 bits per heavy atom. The molecule has 1 fully saturated rings. The fraction of sp³-hybridized carbons (Fsp3) is 0.952. The summed E-state index contributed by atoms with van der Waals surface area (Å²) in [6.07, 6.45) is 3.05. The topological polar surface area (TPSA) is 83.5 Å². The molecule has 0 aliphatic carbocycles. The van der Waals surface area contributed by atoms with Gasteiger partial charge in [-0.3, -0.25) is 4.79 Å². The van der Waals surface area contributed by atoms with Crippen LogP contribution in [0.25, 0.3) is 0 Å². The Hall–Kier alpha value is -0.730. The third-order valence-electron chi connectivity index (χ3n) is 4.75. The van der Waals surface area contributed by atoms with E-state index in [1.807, 2.05) is 0 Å². The minimum atomic E-state index is -0.642. The number of aliphatic hydroxyl groups excluding tert-OH is 1. The minimum Gasteiger partial charge on any atom is -0.457 e. The zero-order valence-corrected chi connectivity index (χ0v) is 18.1. The lowest BCUT2D eigenvalue weighted by Gasteiger charge is -2.45. The van der Waals surface area contributed by atoms with Gasteiger partial charge in [0.05, 0.1) is 13.2 Å². The predicted octanol–water partition coefficient (Wildman–Crippen LogP) is 2.87. The van der Waals surface area contributed by atoms with E-state index in [9.17, 15) is 9.90 Å². The number of esters is 1. The highest BCUT2D eigenvalue weighted by Gasteiger charge is 2.49. The van der Waals surface area contributed by atoms with Crippen molar-refractivity contribution in [2.24, 2.45) is 0 Å². The van der Waals surface area contributed by atoms with Gasteiger partial charge in [0.15, 0.2) is 6.10 Å². The molecular formula is C21H40O7. The van der Waals surface area contributed by atoms with Crippen LogP contribution in [0.15, 0.2) is 0 Å². The molecule has 0 aromatic heterocycles. The molecule has 166 valence electrons. The van der Waals surface area contributed by atoms with E-state index in [0.717, 1.165) is 38.5 Å². The summed E-state index contributed by atoms with van der Waals surface area (Å²) in [6.45, 7) is 9.45. The first-order valence-corrected chi connectivity index (χ1v) is 10.8. The summed E-state index contributed by atoms with van der Waals surface area (Å²) in [5, 5.41) is 9.87. The first-order chi connectivity index (χ1) is 13.6. The monoisotopic (exact) mass is 404 g/mol. The van der Waals surface area contributed by atoms with Gasteiger partial charge in [0, 0.05) is 26.7 Å². The van der Waals surface area contributed by atoms with Crippen molar-refractivity contribution in [3.05, 3.63) is 0 Å². The molecule has 1 saturated heterocycles. The SMILES string of the molecule is CCCCOCC1O[C@H](CO)[C@H](OCCCC)C(OC(C)=O)[C@@H]1OCCCC. The van der Waals surface area contributed by atoms with Crippen molar-refractivity contribution in [2.75, 3.05) is 33.0 Å². The molecule has 0 spiro atoms. The summed E-state index contributed by atoms with van der Waals surface area (Å²) in [5.74, 6) is -0.401. The number of unbranched alkanes of at least 4 members (excludes halogenated alkanes) is 3. The van der Waals surface area contributed by atoms with Crippen molar-refractivity contribution in [3.8, 4) is 0 Å². The fourth-order valence-electron chi connectivity index (χ4n) is 3.17. The molecule has 0 bridgehead atoms. The Labute approximate surface area is 170 Å². The molecular weight excluding hydrogens is 364 g/mol. The van der Waals surface area contributed by atoms with Crippen molar-refractivity contribution < 1.29 is 33.6 Å². The average molecular weight is 405 g/mol. The third kappa shape index (κ3) is 8.74. The average Bonchev–Trinajstić information content (AvgIpc) is 2.67. The number of carbonyl (C=O) groups excluding carboxylic acids is 1. The fourth-order valence-corrected chi connectivity index (χ4v) is 3.17. The molecule has 5 atom stereocenters. The molecule has 0 radical (unpaired) electrons. The lowest BCUT2D eigenvalue weighted by Crippen LogP contribution is -2.62. The van der Waals surface area contributed by atoms with E-state index >= 15 is 0 Å². The van der Waals surface area contributed by atoms with Crippen molar-refractivity contribution in [3.63, 3.8) is 0 Å². The summed E-state index contributed by atoms with van der Waals surface area (Å²) in [6, 6.07) is 0. The number of aliphatic hydroxyl groups is 1. The largest absolute Gasteiger partial charge is 0.457 e. The van der Waals surface area contributed by atoms with Crippen LogP contribution in [0, 0.1) is 0 Å². The summed E-state index contributed by atoms with van der Waals surface area (Å²) in [7, 11) is 0. The van der Waals surface area contributed by atoms with Gasteiger partial charge in [0.25, 0.3) is 0 Å². The molecule has 0 amide bonds. The second kappa shape index (κ2) is 15.2. The Kier molecular flexibility index (Phi) is 13.7. The van der Waals surface area contributed by atoms with Crippen LogP contribution < -0.4 is 0 Å². The van der Waals surface area contributed by atoms with Crippen LogP contribution >= 0.6 is 0 Å². The van der Waals surface area contributed by atoms with Crippen LogP contribution in [0.4, 0.5) is 0 Å². The van der Waals surface area contributed by atoms with Crippen LogP contribution in [0.5, 0.6) is 0 Å². The number of hydrogen-bond acceptors (Lipinski definition) is 7. The van der Waals surface area contributed by atoms with Crippen LogP contribution in [0.1, 0.15) is 66.2 Å². The quantitative estimate of drug-likeness (QED) is 0.332. The van der Waals surface area contributed by atoms with Gasteiger partial charge in [-0.05, 0) is 19.3 Å². The molecule has 0 aromatic rings. The Balaban J connectivity index is 2.96. The van der Waals surface area contributed by atoms with E-state index in [1.54, 1.807) is 0 Å². The highest BCUT2D eigenvalue weighted by atomic mass is 16.6. The zero-order chi connectivity index (χ0) is 20.8.